The lowest BCUT2D eigenvalue weighted by atomic mass is 10.1. The van der Waals surface area contributed by atoms with Crippen molar-refractivity contribution in [2.24, 2.45) is 0 Å². The molecule has 0 bridgehead atoms. The van der Waals surface area contributed by atoms with E-state index in [1.807, 2.05) is 6.92 Å². The highest BCUT2D eigenvalue weighted by Crippen LogP contribution is 2.19. The van der Waals surface area contributed by atoms with Crippen molar-refractivity contribution in [2.75, 3.05) is 6.61 Å². The maximum absolute atomic E-state index is 9.74. The minimum Gasteiger partial charge on any atom is -0.481 e. The minimum atomic E-state index is -0.707. The lowest BCUT2D eigenvalue weighted by molar-refractivity contribution is 0.173. The molecule has 82 valence electrons. The zero-order chi connectivity index (χ0) is 11.3. The zero-order valence-electron chi connectivity index (χ0n) is 8.53. The van der Waals surface area contributed by atoms with Crippen LogP contribution in [0, 0.1) is 5.41 Å². The van der Waals surface area contributed by atoms with E-state index in [2.05, 4.69) is 0 Å². The second kappa shape index (κ2) is 5.73. The van der Waals surface area contributed by atoms with E-state index in [0.29, 0.717) is 11.6 Å². The van der Waals surface area contributed by atoms with Crippen molar-refractivity contribution < 1.29 is 9.84 Å². The first-order valence-corrected chi connectivity index (χ1v) is 5.15. The van der Waals surface area contributed by atoms with Gasteiger partial charge in [-0.05, 0) is 24.6 Å². The molecule has 0 aliphatic rings. The number of hydrogen-bond donors (Lipinski definition) is 2. The number of rotatable bonds is 4. The Bertz CT molecular complexity index is 324. The van der Waals surface area contributed by atoms with E-state index in [1.54, 1.807) is 24.3 Å². The normalized spacial score (nSPS) is 12.2. The van der Waals surface area contributed by atoms with Gasteiger partial charge in [-0.15, -0.1) is 0 Å². The topological polar surface area (TPSA) is 53.3 Å². The molecule has 1 unspecified atom stereocenters. The first-order valence-electron chi connectivity index (χ1n) is 4.77. The molecule has 0 heterocycles. The van der Waals surface area contributed by atoms with Crippen molar-refractivity contribution in [1.29, 1.82) is 5.41 Å². The van der Waals surface area contributed by atoms with Crippen LogP contribution in [0.3, 0.4) is 0 Å². The molecular formula is C11H14ClNO2. The van der Waals surface area contributed by atoms with Crippen LogP contribution in [0.4, 0.5) is 0 Å². The van der Waals surface area contributed by atoms with E-state index < -0.39 is 6.10 Å². The number of aliphatic hydroxyl groups is 1. The molecule has 0 saturated heterocycles. The van der Waals surface area contributed by atoms with Gasteiger partial charge in [-0.25, -0.2) is 0 Å². The smallest absolute Gasteiger partial charge is 0.183 e. The van der Waals surface area contributed by atoms with Crippen molar-refractivity contribution in [3.05, 3.63) is 34.9 Å². The Morgan fingerprint density at radius 1 is 1.47 bits per heavy atom. The predicted molar refractivity (Wildman–Crippen MR) is 60.4 cm³/mol. The first-order chi connectivity index (χ1) is 7.13. The minimum absolute atomic E-state index is 0.0972. The maximum atomic E-state index is 9.74. The molecule has 0 aliphatic carbocycles. The zero-order valence-corrected chi connectivity index (χ0v) is 9.29. The summed E-state index contributed by atoms with van der Waals surface area (Å²) in [5.41, 5.74) is 0.740. The Hall–Kier alpha value is -1.06. The summed E-state index contributed by atoms with van der Waals surface area (Å²) in [4.78, 5) is 0. The summed E-state index contributed by atoms with van der Waals surface area (Å²) in [5.74, 6) is 0.0972. The highest BCUT2D eigenvalue weighted by atomic mass is 35.5. The van der Waals surface area contributed by atoms with Gasteiger partial charge in [0.15, 0.2) is 5.90 Å². The van der Waals surface area contributed by atoms with Crippen LogP contribution in [-0.4, -0.2) is 17.6 Å². The second-order valence-corrected chi connectivity index (χ2v) is 3.56. The third kappa shape index (κ3) is 3.90. The maximum Gasteiger partial charge on any atom is 0.183 e. The van der Waals surface area contributed by atoms with E-state index in [4.69, 9.17) is 21.7 Å². The molecule has 0 amide bonds. The average molecular weight is 228 g/mol. The van der Waals surface area contributed by atoms with Gasteiger partial charge in [-0.2, -0.15) is 0 Å². The van der Waals surface area contributed by atoms with Crippen molar-refractivity contribution in [1.82, 2.24) is 0 Å². The van der Waals surface area contributed by atoms with Crippen LogP contribution in [0.5, 0.6) is 0 Å². The van der Waals surface area contributed by atoms with Crippen LogP contribution in [0.2, 0.25) is 5.02 Å². The summed E-state index contributed by atoms with van der Waals surface area (Å²) in [6, 6.07) is 6.91. The van der Waals surface area contributed by atoms with E-state index >= 15 is 0 Å². The number of benzene rings is 1. The molecule has 1 atom stereocenters. The van der Waals surface area contributed by atoms with Crippen LogP contribution in [0.1, 0.15) is 25.0 Å². The molecule has 3 nitrogen and oxygen atoms in total. The van der Waals surface area contributed by atoms with Crippen LogP contribution in [-0.2, 0) is 4.74 Å². The van der Waals surface area contributed by atoms with E-state index in [0.717, 1.165) is 5.56 Å². The number of ether oxygens (including phenoxy) is 1. The van der Waals surface area contributed by atoms with Gasteiger partial charge in [0.25, 0.3) is 0 Å². The molecule has 4 heteroatoms. The Kier molecular flexibility index (Phi) is 4.59. The Morgan fingerprint density at radius 3 is 2.60 bits per heavy atom. The fourth-order valence-corrected chi connectivity index (χ4v) is 1.34. The number of halogens is 1. The molecule has 1 aromatic rings. The molecule has 0 saturated carbocycles. The third-order valence-electron chi connectivity index (χ3n) is 1.95. The number of nitrogens with one attached hydrogen (secondary N) is 1. The fourth-order valence-electron chi connectivity index (χ4n) is 1.21. The Morgan fingerprint density at radius 2 is 2.07 bits per heavy atom. The van der Waals surface area contributed by atoms with Gasteiger partial charge >= 0.3 is 0 Å². The molecular weight excluding hydrogens is 214 g/mol. The Labute approximate surface area is 94.2 Å². The fraction of sp³-hybridized carbons (Fsp3) is 0.364. The monoisotopic (exact) mass is 227 g/mol. The lowest BCUT2D eigenvalue weighted by Gasteiger charge is -2.11. The standard InChI is InChI=1S/C11H14ClNO2/c1-2-15-11(13)7-10(14)8-3-5-9(12)6-4-8/h3-6,10,13-14H,2,7H2,1H3. The molecule has 0 radical (unpaired) electrons. The summed E-state index contributed by atoms with van der Waals surface area (Å²) in [6.45, 7) is 2.26. The van der Waals surface area contributed by atoms with E-state index in [-0.39, 0.29) is 12.3 Å². The summed E-state index contributed by atoms with van der Waals surface area (Å²) in [7, 11) is 0. The molecule has 1 rings (SSSR count). The van der Waals surface area contributed by atoms with Gasteiger partial charge in [-0.3, -0.25) is 5.41 Å². The van der Waals surface area contributed by atoms with Gasteiger partial charge in [0.2, 0.25) is 0 Å². The van der Waals surface area contributed by atoms with Crippen molar-refractivity contribution in [3.8, 4) is 0 Å². The van der Waals surface area contributed by atoms with Gasteiger partial charge in [0.05, 0.1) is 19.1 Å². The average Bonchev–Trinajstić information content (AvgIpc) is 2.18. The SMILES string of the molecule is CCOC(=N)CC(O)c1ccc(Cl)cc1. The second-order valence-electron chi connectivity index (χ2n) is 3.13. The largest absolute Gasteiger partial charge is 0.481 e. The molecule has 2 N–H and O–H groups in total. The van der Waals surface area contributed by atoms with Gasteiger partial charge in [-0.1, -0.05) is 23.7 Å². The number of hydrogen-bond acceptors (Lipinski definition) is 3. The quantitative estimate of drug-likeness (QED) is 0.614. The van der Waals surface area contributed by atoms with Crippen LogP contribution >= 0.6 is 11.6 Å². The van der Waals surface area contributed by atoms with Crippen molar-refractivity contribution >= 4 is 17.5 Å². The van der Waals surface area contributed by atoms with Crippen molar-refractivity contribution in [2.45, 2.75) is 19.4 Å². The van der Waals surface area contributed by atoms with Gasteiger partial charge in [0.1, 0.15) is 0 Å². The van der Waals surface area contributed by atoms with E-state index in [1.165, 1.54) is 0 Å². The van der Waals surface area contributed by atoms with Gasteiger partial charge in [0, 0.05) is 5.02 Å². The number of aliphatic hydroxyl groups excluding tert-OH is 1. The highest BCUT2D eigenvalue weighted by molar-refractivity contribution is 6.30. The molecule has 0 aromatic heterocycles. The summed E-state index contributed by atoms with van der Waals surface area (Å²) in [6.07, 6.45) is -0.517. The van der Waals surface area contributed by atoms with Crippen LogP contribution in [0.15, 0.2) is 24.3 Å². The van der Waals surface area contributed by atoms with Gasteiger partial charge < -0.3 is 9.84 Å². The summed E-state index contributed by atoms with van der Waals surface area (Å²) in [5, 5.41) is 17.8. The molecule has 1 aromatic carbocycles. The summed E-state index contributed by atoms with van der Waals surface area (Å²) < 4.78 is 4.95. The third-order valence-corrected chi connectivity index (χ3v) is 2.20. The molecule has 0 aliphatic heterocycles. The molecule has 15 heavy (non-hydrogen) atoms. The summed E-state index contributed by atoms with van der Waals surface area (Å²) >= 11 is 5.72. The highest BCUT2D eigenvalue weighted by Gasteiger charge is 2.10. The van der Waals surface area contributed by atoms with Crippen LogP contribution in [0.25, 0.3) is 0 Å². The van der Waals surface area contributed by atoms with Crippen molar-refractivity contribution in [3.63, 3.8) is 0 Å². The van der Waals surface area contributed by atoms with Crippen LogP contribution < -0.4 is 0 Å². The lowest BCUT2D eigenvalue weighted by Crippen LogP contribution is -2.09. The predicted octanol–water partition coefficient (Wildman–Crippen LogP) is 2.78. The molecule has 0 fully saturated rings. The van der Waals surface area contributed by atoms with E-state index in [9.17, 15) is 5.11 Å². The Balaban J connectivity index is 2.57. The first kappa shape index (κ1) is 12.0. The molecule has 0 spiro atoms.